The van der Waals surface area contributed by atoms with Crippen molar-refractivity contribution in [3.8, 4) is 17.6 Å². The van der Waals surface area contributed by atoms with Crippen LogP contribution in [0.4, 0.5) is 0 Å². The van der Waals surface area contributed by atoms with Crippen LogP contribution in [0, 0.1) is 11.8 Å². The first-order valence-corrected chi connectivity index (χ1v) is 11.2. The number of aromatic nitrogens is 1. The third-order valence-corrected chi connectivity index (χ3v) is 5.86. The maximum atomic E-state index is 11.3. The molecule has 0 bridgehead atoms. The van der Waals surface area contributed by atoms with Crippen LogP contribution in [0.15, 0.2) is 83.9 Å². The molecule has 0 atom stereocenters. The molecule has 3 aromatic carbocycles. The highest BCUT2D eigenvalue weighted by atomic mass is 32.2. The van der Waals surface area contributed by atoms with Gasteiger partial charge in [-0.3, -0.25) is 4.98 Å². The molecule has 0 saturated heterocycles. The minimum Gasteiger partial charge on any atom is -0.507 e. The van der Waals surface area contributed by atoms with Crippen molar-refractivity contribution in [2.75, 3.05) is 0 Å². The average Bonchev–Trinajstić information content (AvgIpc) is 2.76. The molecule has 5 nitrogen and oxygen atoms in total. The Morgan fingerprint density at radius 3 is 2.39 bits per heavy atom. The first-order valence-electron chi connectivity index (χ1n) is 9.65. The van der Waals surface area contributed by atoms with E-state index in [1.807, 2.05) is 48.5 Å². The summed E-state index contributed by atoms with van der Waals surface area (Å²) in [6.45, 7) is 0. The number of hydrogen-bond acceptors (Lipinski definition) is 4. The fourth-order valence-corrected chi connectivity index (χ4v) is 3.80. The van der Waals surface area contributed by atoms with Gasteiger partial charge in [0.2, 0.25) is 10.0 Å². The molecule has 1 heterocycles. The molecule has 0 saturated carbocycles. The largest absolute Gasteiger partial charge is 0.507 e. The van der Waals surface area contributed by atoms with Gasteiger partial charge in [-0.15, -0.1) is 0 Å². The van der Waals surface area contributed by atoms with Gasteiger partial charge in [0.25, 0.3) is 0 Å². The maximum absolute atomic E-state index is 11.3. The van der Waals surface area contributed by atoms with Gasteiger partial charge >= 0.3 is 0 Å². The second kappa shape index (κ2) is 8.60. The van der Waals surface area contributed by atoms with Crippen LogP contribution in [0.25, 0.3) is 10.9 Å². The van der Waals surface area contributed by atoms with E-state index in [-0.39, 0.29) is 10.6 Å². The van der Waals surface area contributed by atoms with Gasteiger partial charge < -0.3 is 5.11 Å². The van der Waals surface area contributed by atoms with Crippen LogP contribution in [0.3, 0.4) is 0 Å². The first-order chi connectivity index (χ1) is 14.9. The van der Waals surface area contributed by atoms with Crippen LogP contribution in [0.2, 0.25) is 0 Å². The smallest absolute Gasteiger partial charge is 0.238 e. The van der Waals surface area contributed by atoms with Gasteiger partial charge in [-0.25, -0.2) is 13.6 Å². The number of nitrogens with two attached hydrogens (primary N) is 1. The number of fused-ring (bicyclic) bond motifs is 1. The highest BCUT2D eigenvalue weighted by Crippen LogP contribution is 2.29. The van der Waals surface area contributed by atoms with Crippen LogP contribution >= 0.6 is 0 Å². The Labute approximate surface area is 181 Å². The van der Waals surface area contributed by atoms with E-state index < -0.39 is 10.0 Å². The van der Waals surface area contributed by atoms with Crippen molar-refractivity contribution in [3.05, 3.63) is 101 Å². The molecule has 0 fully saturated rings. The summed E-state index contributed by atoms with van der Waals surface area (Å²) in [5.41, 5.74) is 4.22. The second-order valence-electron chi connectivity index (χ2n) is 7.19. The van der Waals surface area contributed by atoms with E-state index in [2.05, 4.69) is 16.8 Å². The van der Waals surface area contributed by atoms with Gasteiger partial charge in [0.1, 0.15) is 5.75 Å². The summed E-state index contributed by atoms with van der Waals surface area (Å²) < 4.78 is 22.7. The van der Waals surface area contributed by atoms with Crippen molar-refractivity contribution < 1.29 is 13.5 Å². The summed E-state index contributed by atoms with van der Waals surface area (Å²) >= 11 is 0. The minimum atomic E-state index is -3.70. The zero-order valence-corrected chi connectivity index (χ0v) is 17.4. The Kier molecular flexibility index (Phi) is 5.72. The third kappa shape index (κ3) is 4.92. The monoisotopic (exact) mass is 428 g/mol. The molecular weight excluding hydrogens is 408 g/mol. The van der Waals surface area contributed by atoms with Crippen LogP contribution in [0.5, 0.6) is 5.75 Å². The quantitative estimate of drug-likeness (QED) is 0.484. The SMILES string of the molecule is NS(=O)(=O)c1ccc(CC#Cc2ccc3ncc(Cc4ccccc4)c(O)c3c2)cc1. The van der Waals surface area contributed by atoms with Gasteiger partial charge in [0.05, 0.1) is 10.4 Å². The zero-order chi connectivity index (χ0) is 21.8. The van der Waals surface area contributed by atoms with Crippen molar-refractivity contribution in [1.82, 2.24) is 4.98 Å². The molecule has 0 spiro atoms. The van der Waals surface area contributed by atoms with Gasteiger partial charge in [0, 0.05) is 35.6 Å². The number of benzene rings is 3. The van der Waals surface area contributed by atoms with Crippen molar-refractivity contribution >= 4 is 20.9 Å². The number of sulfonamides is 1. The van der Waals surface area contributed by atoms with Gasteiger partial charge in [-0.1, -0.05) is 54.3 Å². The predicted octanol–water partition coefficient (Wildman–Crippen LogP) is 3.77. The highest BCUT2D eigenvalue weighted by Gasteiger charge is 2.09. The van der Waals surface area contributed by atoms with E-state index in [1.54, 1.807) is 18.3 Å². The molecule has 0 aliphatic carbocycles. The fraction of sp³-hybridized carbons (Fsp3) is 0.0800. The van der Waals surface area contributed by atoms with Crippen LogP contribution in [-0.4, -0.2) is 18.5 Å². The predicted molar refractivity (Wildman–Crippen MR) is 121 cm³/mol. The van der Waals surface area contributed by atoms with Crippen molar-refractivity contribution in [1.29, 1.82) is 0 Å². The molecule has 4 aromatic rings. The number of pyridine rings is 1. The molecule has 0 aliphatic heterocycles. The Hall–Kier alpha value is -3.66. The lowest BCUT2D eigenvalue weighted by atomic mass is 10.0. The molecule has 3 N–H and O–H groups in total. The number of rotatable bonds is 4. The number of nitrogens with zero attached hydrogens (tertiary/aromatic N) is 1. The summed E-state index contributed by atoms with van der Waals surface area (Å²) in [6, 6.07) is 21.8. The molecule has 1 aromatic heterocycles. The normalized spacial score (nSPS) is 11.1. The average molecular weight is 429 g/mol. The Morgan fingerprint density at radius 2 is 1.68 bits per heavy atom. The summed E-state index contributed by atoms with van der Waals surface area (Å²) in [6.07, 6.45) is 2.77. The molecule has 0 amide bonds. The van der Waals surface area contributed by atoms with E-state index in [9.17, 15) is 13.5 Å². The van der Waals surface area contributed by atoms with E-state index >= 15 is 0 Å². The van der Waals surface area contributed by atoms with E-state index in [4.69, 9.17) is 5.14 Å². The zero-order valence-electron chi connectivity index (χ0n) is 16.6. The van der Waals surface area contributed by atoms with E-state index in [0.717, 1.165) is 22.3 Å². The summed E-state index contributed by atoms with van der Waals surface area (Å²) in [5, 5.41) is 16.6. The van der Waals surface area contributed by atoms with Crippen LogP contribution in [-0.2, 0) is 22.9 Å². The van der Waals surface area contributed by atoms with Gasteiger partial charge in [-0.05, 0) is 41.5 Å². The molecule has 6 heteroatoms. The molecule has 0 radical (unpaired) electrons. The summed E-state index contributed by atoms with van der Waals surface area (Å²) in [7, 11) is -3.70. The van der Waals surface area contributed by atoms with Gasteiger partial charge in [0.15, 0.2) is 0 Å². The number of primary sulfonamides is 1. The number of aromatic hydroxyl groups is 1. The fourth-order valence-electron chi connectivity index (χ4n) is 3.29. The number of hydrogen-bond donors (Lipinski definition) is 2. The van der Waals surface area contributed by atoms with E-state index in [0.29, 0.717) is 23.7 Å². The minimum absolute atomic E-state index is 0.0769. The topological polar surface area (TPSA) is 93.3 Å². The lowest BCUT2D eigenvalue weighted by molar-refractivity contribution is 0.475. The molecular formula is C25H20N2O3S. The molecule has 4 rings (SSSR count). The van der Waals surface area contributed by atoms with E-state index in [1.165, 1.54) is 12.1 Å². The molecule has 0 unspecified atom stereocenters. The van der Waals surface area contributed by atoms with Crippen molar-refractivity contribution in [2.24, 2.45) is 5.14 Å². The highest BCUT2D eigenvalue weighted by molar-refractivity contribution is 7.89. The van der Waals surface area contributed by atoms with Crippen molar-refractivity contribution in [2.45, 2.75) is 17.7 Å². The second-order valence-corrected chi connectivity index (χ2v) is 8.76. The summed E-state index contributed by atoms with van der Waals surface area (Å²) in [4.78, 5) is 4.54. The molecule has 0 aliphatic rings. The first kappa shape index (κ1) is 20.6. The third-order valence-electron chi connectivity index (χ3n) is 4.93. The lowest BCUT2D eigenvalue weighted by Crippen LogP contribution is -2.11. The van der Waals surface area contributed by atoms with Crippen LogP contribution < -0.4 is 5.14 Å². The maximum Gasteiger partial charge on any atom is 0.238 e. The Morgan fingerprint density at radius 1 is 0.935 bits per heavy atom. The molecule has 154 valence electrons. The lowest BCUT2D eigenvalue weighted by Gasteiger charge is -2.08. The standard InChI is InChI=1S/C25H20N2O3S/c26-31(29,30)22-12-9-18(10-13-22)7-4-8-20-11-14-24-23(16-20)25(28)21(17-27-24)15-19-5-2-1-3-6-19/h1-3,5-6,9-14,16-17H,7,15H2,(H,27,28)(H2,26,29,30). The molecule has 31 heavy (non-hydrogen) atoms. The van der Waals surface area contributed by atoms with Crippen LogP contribution in [0.1, 0.15) is 22.3 Å². The van der Waals surface area contributed by atoms with Crippen molar-refractivity contribution in [3.63, 3.8) is 0 Å². The summed E-state index contributed by atoms with van der Waals surface area (Å²) in [5.74, 6) is 6.40. The Balaban J connectivity index is 1.56. The van der Waals surface area contributed by atoms with Gasteiger partial charge in [-0.2, -0.15) is 0 Å². The Bertz CT molecular complexity index is 1400.